The van der Waals surface area contributed by atoms with E-state index in [4.69, 9.17) is 5.73 Å². The largest absolute Gasteiger partial charge is 0.395 e. The summed E-state index contributed by atoms with van der Waals surface area (Å²) in [6, 6.07) is 0.227. The number of hydrogen-bond donors (Lipinski definition) is 3. The summed E-state index contributed by atoms with van der Waals surface area (Å²) in [6.45, 7) is 8.51. The molecule has 5 nitrogen and oxygen atoms in total. The van der Waals surface area contributed by atoms with Gasteiger partial charge in [0, 0.05) is 6.04 Å². The van der Waals surface area contributed by atoms with E-state index in [9.17, 15) is 4.79 Å². The average Bonchev–Trinajstić information content (AvgIpc) is 2.77. The zero-order valence-electron chi connectivity index (χ0n) is 12.9. The summed E-state index contributed by atoms with van der Waals surface area (Å²) < 4.78 is 0. The number of nitrogens with zero attached hydrogens (tertiary/aromatic N) is 1. The molecular formula is C15H26N4O. The number of aromatic amines is 1. The highest BCUT2D eigenvalue weighted by molar-refractivity contribution is 5.97. The van der Waals surface area contributed by atoms with Crippen LogP contribution in [0.1, 0.15) is 69.1 Å². The normalized spacial score (nSPS) is 26.8. The number of H-pyrrole nitrogens is 1. The number of nitrogens with two attached hydrogens (primary N) is 1. The Bertz CT molecular complexity index is 480. The van der Waals surface area contributed by atoms with Crippen LogP contribution in [0.5, 0.6) is 0 Å². The van der Waals surface area contributed by atoms with E-state index in [-0.39, 0.29) is 17.9 Å². The van der Waals surface area contributed by atoms with Crippen molar-refractivity contribution < 1.29 is 4.79 Å². The van der Waals surface area contributed by atoms with Crippen molar-refractivity contribution >= 4 is 11.6 Å². The monoisotopic (exact) mass is 278 g/mol. The van der Waals surface area contributed by atoms with Gasteiger partial charge in [0.1, 0.15) is 0 Å². The lowest BCUT2D eigenvalue weighted by molar-refractivity contribution is 0.0887. The van der Waals surface area contributed by atoms with Crippen molar-refractivity contribution in [3.63, 3.8) is 0 Å². The Morgan fingerprint density at radius 3 is 2.70 bits per heavy atom. The smallest absolute Gasteiger partial charge is 0.274 e. The third kappa shape index (κ3) is 2.81. The molecule has 112 valence electrons. The highest BCUT2D eigenvalue weighted by Gasteiger charge is 2.29. The third-order valence-corrected chi connectivity index (χ3v) is 4.65. The maximum absolute atomic E-state index is 12.3. The Morgan fingerprint density at radius 1 is 1.40 bits per heavy atom. The molecule has 0 aromatic carbocycles. The molecule has 20 heavy (non-hydrogen) atoms. The molecule has 1 saturated carbocycles. The molecule has 0 radical (unpaired) electrons. The molecule has 5 heteroatoms. The first-order valence-corrected chi connectivity index (χ1v) is 7.56. The second-order valence-electron chi connectivity index (χ2n) is 6.40. The summed E-state index contributed by atoms with van der Waals surface area (Å²) in [5.74, 6) is 1.23. The molecule has 1 amide bonds. The first-order chi connectivity index (χ1) is 9.41. The van der Waals surface area contributed by atoms with Gasteiger partial charge in [-0.1, -0.05) is 40.5 Å². The molecule has 1 heterocycles. The van der Waals surface area contributed by atoms with Gasteiger partial charge in [-0.25, -0.2) is 0 Å². The Labute approximate surface area is 120 Å². The van der Waals surface area contributed by atoms with Gasteiger partial charge >= 0.3 is 0 Å². The van der Waals surface area contributed by atoms with Crippen molar-refractivity contribution in [3.8, 4) is 0 Å². The number of carbonyl (C=O) groups excluding carboxylic acids is 1. The van der Waals surface area contributed by atoms with Gasteiger partial charge in [-0.3, -0.25) is 9.89 Å². The van der Waals surface area contributed by atoms with Crippen molar-refractivity contribution in [3.05, 3.63) is 11.4 Å². The molecule has 3 unspecified atom stereocenters. The Hall–Kier alpha value is -1.52. The molecule has 0 bridgehead atoms. The number of nitrogens with one attached hydrogen (secondary N) is 2. The van der Waals surface area contributed by atoms with Crippen LogP contribution in [0.15, 0.2) is 0 Å². The lowest BCUT2D eigenvalue weighted by Crippen LogP contribution is -2.44. The molecular weight excluding hydrogens is 252 g/mol. The molecule has 1 aliphatic carbocycles. The number of rotatable bonds is 3. The zero-order chi connectivity index (χ0) is 14.9. The second-order valence-corrected chi connectivity index (χ2v) is 6.40. The topological polar surface area (TPSA) is 83.8 Å². The number of amides is 1. The fraction of sp³-hybridized carbons (Fsp3) is 0.733. The fourth-order valence-electron chi connectivity index (χ4n) is 3.00. The van der Waals surface area contributed by atoms with E-state index < -0.39 is 0 Å². The second kappa shape index (κ2) is 5.85. The van der Waals surface area contributed by atoms with Gasteiger partial charge in [0.05, 0.1) is 11.4 Å². The molecule has 1 aromatic heterocycles. The van der Waals surface area contributed by atoms with Crippen molar-refractivity contribution in [1.29, 1.82) is 0 Å². The summed E-state index contributed by atoms with van der Waals surface area (Å²) >= 11 is 0. The molecule has 0 spiro atoms. The molecule has 3 atom stereocenters. The number of anilines is 1. The van der Waals surface area contributed by atoms with Crippen LogP contribution in [0.25, 0.3) is 0 Å². The van der Waals surface area contributed by atoms with Gasteiger partial charge in [0.15, 0.2) is 5.69 Å². The van der Waals surface area contributed by atoms with Crippen LogP contribution < -0.4 is 11.1 Å². The number of carbonyl (C=O) groups is 1. The van der Waals surface area contributed by atoms with Crippen LogP contribution in [0.4, 0.5) is 5.69 Å². The standard InChI is InChI=1S/C15H26N4O/c1-8(2)13-12(16)14(19-18-13)15(20)17-11-7-5-6-9(3)10(11)4/h8-11H,5-7,16H2,1-4H3,(H,17,20)(H,18,19). The predicted octanol–water partition coefficient (Wildman–Crippen LogP) is 2.67. The van der Waals surface area contributed by atoms with Crippen molar-refractivity contribution in [1.82, 2.24) is 15.5 Å². The van der Waals surface area contributed by atoms with Crippen molar-refractivity contribution in [2.75, 3.05) is 5.73 Å². The van der Waals surface area contributed by atoms with Crippen molar-refractivity contribution in [2.24, 2.45) is 11.8 Å². The Kier molecular flexibility index (Phi) is 4.35. The van der Waals surface area contributed by atoms with E-state index in [0.29, 0.717) is 23.2 Å². The Morgan fingerprint density at radius 2 is 2.10 bits per heavy atom. The highest BCUT2D eigenvalue weighted by Crippen LogP contribution is 2.30. The van der Waals surface area contributed by atoms with Crippen LogP contribution in [-0.2, 0) is 0 Å². The van der Waals surface area contributed by atoms with E-state index in [1.165, 1.54) is 12.8 Å². The highest BCUT2D eigenvalue weighted by atomic mass is 16.2. The van der Waals surface area contributed by atoms with Crippen LogP contribution in [0, 0.1) is 11.8 Å². The molecule has 2 rings (SSSR count). The lowest BCUT2D eigenvalue weighted by Gasteiger charge is -2.34. The quantitative estimate of drug-likeness (QED) is 0.794. The van der Waals surface area contributed by atoms with E-state index in [1.54, 1.807) is 0 Å². The fourth-order valence-corrected chi connectivity index (χ4v) is 3.00. The maximum atomic E-state index is 12.3. The number of aromatic nitrogens is 2. The predicted molar refractivity (Wildman–Crippen MR) is 80.5 cm³/mol. The minimum atomic E-state index is -0.156. The van der Waals surface area contributed by atoms with Gasteiger partial charge < -0.3 is 11.1 Å². The minimum absolute atomic E-state index is 0.156. The molecule has 1 aromatic rings. The maximum Gasteiger partial charge on any atom is 0.274 e. The zero-order valence-corrected chi connectivity index (χ0v) is 12.9. The van der Waals surface area contributed by atoms with E-state index >= 15 is 0 Å². The molecule has 4 N–H and O–H groups in total. The lowest BCUT2D eigenvalue weighted by atomic mass is 9.78. The summed E-state index contributed by atoms with van der Waals surface area (Å²) in [7, 11) is 0. The van der Waals surface area contributed by atoms with E-state index in [1.807, 2.05) is 13.8 Å². The van der Waals surface area contributed by atoms with Gasteiger partial charge in [0.2, 0.25) is 0 Å². The van der Waals surface area contributed by atoms with Crippen molar-refractivity contribution in [2.45, 2.75) is 58.9 Å². The van der Waals surface area contributed by atoms with Crippen LogP contribution in [0.3, 0.4) is 0 Å². The third-order valence-electron chi connectivity index (χ3n) is 4.65. The van der Waals surface area contributed by atoms with Gasteiger partial charge in [-0.2, -0.15) is 5.10 Å². The first-order valence-electron chi connectivity index (χ1n) is 7.56. The van der Waals surface area contributed by atoms with Crippen LogP contribution in [0.2, 0.25) is 0 Å². The van der Waals surface area contributed by atoms with Crippen LogP contribution >= 0.6 is 0 Å². The molecule has 1 aliphatic rings. The SMILES string of the molecule is CC(C)c1[nH]nc(C(=O)NC2CCCC(C)C2C)c1N. The average molecular weight is 278 g/mol. The number of nitrogen functional groups attached to an aromatic ring is 1. The van der Waals surface area contributed by atoms with E-state index in [2.05, 4.69) is 29.4 Å². The number of hydrogen-bond acceptors (Lipinski definition) is 3. The van der Waals surface area contributed by atoms with Gasteiger partial charge in [-0.05, 0) is 24.2 Å². The molecule has 0 aliphatic heterocycles. The van der Waals surface area contributed by atoms with Gasteiger partial charge in [-0.15, -0.1) is 0 Å². The summed E-state index contributed by atoms with van der Waals surface area (Å²) in [5.41, 5.74) is 7.66. The first kappa shape index (κ1) is 14.9. The minimum Gasteiger partial charge on any atom is -0.395 e. The summed E-state index contributed by atoms with van der Waals surface area (Å²) in [6.07, 6.45) is 3.46. The summed E-state index contributed by atoms with van der Waals surface area (Å²) in [5, 5.41) is 10.1. The Balaban J connectivity index is 2.08. The summed E-state index contributed by atoms with van der Waals surface area (Å²) in [4.78, 5) is 12.3. The van der Waals surface area contributed by atoms with E-state index in [0.717, 1.165) is 12.1 Å². The van der Waals surface area contributed by atoms with Crippen LogP contribution in [-0.4, -0.2) is 22.1 Å². The molecule has 1 fully saturated rings. The van der Waals surface area contributed by atoms with Gasteiger partial charge in [0.25, 0.3) is 5.91 Å². The molecule has 0 saturated heterocycles.